The summed E-state index contributed by atoms with van der Waals surface area (Å²) in [6.45, 7) is 2.39. The maximum Gasteiger partial charge on any atom is 0.508 e. The van der Waals surface area contributed by atoms with Crippen LogP contribution in [0.25, 0.3) is 0 Å². The molecule has 1 heterocycles. The minimum atomic E-state index is -0.567. The van der Waals surface area contributed by atoms with Crippen LogP contribution in [0.2, 0.25) is 0 Å². The first kappa shape index (κ1) is 21.0. The van der Waals surface area contributed by atoms with Gasteiger partial charge in [-0.25, -0.2) is 4.79 Å². The van der Waals surface area contributed by atoms with E-state index in [4.69, 9.17) is 14.6 Å². The molecule has 0 aromatic carbocycles. The Kier molecular flexibility index (Phi) is 9.19. The average Bonchev–Trinajstić information content (AvgIpc) is 2.86. The monoisotopic (exact) mass is 366 g/mol. The van der Waals surface area contributed by atoms with Crippen LogP contribution in [0.1, 0.15) is 64.7 Å². The number of aliphatic hydroxyl groups excluding tert-OH is 2. The van der Waals surface area contributed by atoms with Crippen molar-refractivity contribution in [1.29, 1.82) is 0 Å². The Morgan fingerprint density at radius 3 is 2.73 bits per heavy atom. The Morgan fingerprint density at radius 2 is 1.96 bits per heavy atom. The van der Waals surface area contributed by atoms with Crippen molar-refractivity contribution in [3.63, 3.8) is 0 Å². The quantitative estimate of drug-likeness (QED) is 0.308. The van der Waals surface area contributed by atoms with E-state index in [1.165, 1.54) is 0 Å². The molecule has 5 heteroatoms. The number of hydrogen-bond donors (Lipinski definition) is 2. The van der Waals surface area contributed by atoms with Crippen LogP contribution in [-0.2, 0) is 9.47 Å². The molecule has 2 N–H and O–H groups in total. The summed E-state index contributed by atoms with van der Waals surface area (Å²) in [5, 5.41) is 19.0. The predicted octanol–water partition coefficient (Wildman–Crippen LogP) is 4.13. The van der Waals surface area contributed by atoms with Crippen molar-refractivity contribution < 1.29 is 24.5 Å². The van der Waals surface area contributed by atoms with Crippen molar-refractivity contribution in [3.8, 4) is 0 Å². The highest BCUT2D eigenvalue weighted by atomic mass is 16.7. The summed E-state index contributed by atoms with van der Waals surface area (Å²) in [6, 6.07) is 0. The molecule has 5 atom stereocenters. The molecular formula is C21H34O5. The van der Waals surface area contributed by atoms with Gasteiger partial charge >= 0.3 is 6.16 Å². The first-order valence-electron chi connectivity index (χ1n) is 10.1. The van der Waals surface area contributed by atoms with Gasteiger partial charge in [0.15, 0.2) is 0 Å². The van der Waals surface area contributed by atoms with Crippen molar-refractivity contribution in [3.05, 3.63) is 24.3 Å². The molecular weight excluding hydrogens is 332 g/mol. The highest BCUT2D eigenvalue weighted by molar-refractivity contribution is 5.62. The standard InChI is InChI=1S/C21H34O5/c1-2-3-7-10-16(23)12-13-18-17(11-8-5-4-6-9-14-22)19-15-20(18)26-21(24)25-19/h5,8,12-13,16-20,22-23H,2-4,6-7,9-11,14-15H2,1H3. The molecule has 2 rings (SSSR count). The number of rotatable bonds is 12. The van der Waals surface area contributed by atoms with Crippen molar-refractivity contribution in [1.82, 2.24) is 0 Å². The fraction of sp³-hybridized carbons (Fsp3) is 0.762. The SMILES string of the molecule is CCCCCC(O)C=CC1C2CC(OC(=O)O2)C1CC=CCCCCO. The number of fused-ring (bicyclic) bond motifs is 2. The number of carbonyl (C=O) groups excluding carboxylic acids is 1. The molecule has 26 heavy (non-hydrogen) atoms. The Morgan fingerprint density at radius 1 is 1.15 bits per heavy atom. The molecule has 1 aliphatic heterocycles. The third kappa shape index (κ3) is 6.44. The summed E-state index contributed by atoms with van der Waals surface area (Å²) in [5.74, 6) is 0.286. The summed E-state index contributed by atoms with van der Waals surface area (Å²) in [6.07, 6.45) is 15.3. The van der Waals surface area contributed by atoms with E-state index in [0.29, 0.717) is 0 Å². The van der Waals surface area contributed by atoms with E-state index in [1.807, 2.05) is 12.2 Å². The molecule has 1 aliphatic carbocycles. The van der Waals surface area contributed by atoms with Crippen LogP contribution < -0.4 is 0 Å². The van der Waals surface area contributed by atoms with Gasteiger partial charge in [-0.05, 0) is 32.1 Å². The fourth-order valence-corrected chi connectivity index (χ4v) is 3.90. The first-order valence-corrected chi connectivity index (χ1v) is 10.1. The van der Waals surface area contributed by atoms with Gasteiger partial charge in [0, 0.05) is 24.9 Å². The van der Waals surface area contributed by atoms with E-state index in [1.54, 1.807) is 0 Å². The van der Waals surface area contributed by atoms with E-state index in [2.05, 4.69) is 19.1 Å². The molecule has 1 saturated heterocycles. The van der Waals surface area contributed by atoms with Gasteiger partial charge in [0.1, 0.15) is 12.2 Å². The molecule has 0 spiro atoms. The van der Waals surface area contributed by atoms with Crippen LogP contribution in [0, 0.1) is 11.8 Å². The second-order valence-electron chi connectivity index (χ2n) is 7.41. The van der Waals surface area contributed by atoms with Gasteiger partial charge in [0.25, 0.3) is 0 Å². The molecule has 5 nitrogen and oxygen atoms in total. The Labute approximate surface area is 157 Å². The zero-order valence-corrected chi connectivity index (χ0v) is 15.9. The minimum Gasteiger partial charge on any atom is -0.430 e. The average molecular weight is 366 g/mol. The lowest BCUT2D eigenvalue weighted by atomic mass is 9.89. The summed E-state index contributed by atoms with van der Waals surface area (Å²) in [5.41, 5.74) is 0. The zero-order valence-electron chi connectivity index (χ0n) is 15.9. The minimum absolute atomic E-state index is 0.0920. The number of aliphatic hydroxyl groups is 2. The zero-order chi connectivity index (χ0) is 18.8. The third-order valence-electron chi connectivity index (χ3n) is 5.37. The van der Waals surface area contributed by atoms with Gasteiger partial charge < -0.3 is 19.7 Å². The maximum atomic E-state index is 11.6. The van der Waals surface area contributed by atoms with Crippen molar-refractivity contribution in [2.24, 2.45) is 11.8 Å². The van der Waals surface area contributed by atoms with Gasteiger partial charge in [0.2, 0.25) is 0 Å². The second-order valence-corrected chi connectivity index (χ2v) is 7.41. The van der Waals surface area contributed by atoms with E-state index in [9.17, 15) is 9.90 Å². The van der Waals surface area contributed by atoms with E-state index in [0.717, 1.165) is 57.8 Å². The summed E-state index contributed by atoms with van der Waals surface area (Å²) < 4.78 is 10.7. The van der Waals surface area contributed by atoms with E-state index in [-0.39, 0.29) is 30.7 Å². The molecule has 1 saturated carbocycles. The lowest BCUT2D eigenvalue weighted by Gasteiger charge is -2.20. The van der Waals surface area contributed by atoms with Crippen molar-refractivity contribution in [2.45, 2.75) is 83.0 Å². The predicted molar refractivity (Wildman–Crippen MR) is 101 cm³/mol. The maximum absolute atomic E-state index is 11.6. The van der Waals surface area contributed by atoms with Gasteiger partial charge in [0.05, 0.1) is 6.10 Å². The smallest absolute Gasteiger partial charge is 0.430 e. The third-order valence-corrected chi connectivity index (χ3v) is 5.37. The topological polar surface area (TPSA) is 76.0 Å². The molecule has 0 aromatic rings. The molecule has 5 unspecified atom stereocenters. The Balaban J connectivity index is 1.91. The molecule has 0 amide bonds. The molecule has 2 fully saturated rings. The van der Waals surface area contributed by atoms with Gasteiger partial charge in [-0.3, -0.25) is 0 Å². The van der Waals surface area contributed by atoms with E-state index < -0.39 is 12.3 Å². The number of hydrogen-bond acceptors (Lipinski definition) is 5. The summed E-state index contributed by atoms with van der Waals surface area (Å²) >= 11 is 0. The second kappa shape index (κ2) is 11.4. The highest BCUT2D eigenvalue weighted by Crippen LogP contribution is 2.43. The molecule has 2 aliphatic rings. The number of ether oxygens (including phenoxy) is 2. The number of carbonyl (C=O) groups is 1. The lowest BCUT2D eigenvalue weighted by molar-refractivity contribution is -0.0346. The molecule has 148 valence electrons. The molecule has 2 bridgehead atoms. The van der Waals surface area contributed by atoms with Gasteiger partial charge in [-0.15, -0.1) is 0 Å². The van der Waals surface area contributed by atoms with Gasteiger partial charge in [-0.1, -0.05) is 50.5 Å². The van der Waals surface area contributed by atoms with Crippen LogP contribution in [0.4, 0.5) is 4.79 Å². The van der Waals surface area contributed by atoms with Crippen LogP contribution in [0.5, 0.6) is 0 Å². The number of unbranched alkanes of at least 4 members (excludes halogenated alkanes) is 4. The van der Waals surface area contributed by atoms with E-state index >= 15 is 0 Å². The van der Waals surface area contributed by atoms with Crippen LogP contribution in [0.3, 0.4) is 0 Å². The van der Waals surface area contributed by atoms with Crippen molar-refractivity contribution >= 4 is 6.16 Å². The Hall–Kier alpha value is -1.33. The van der Waals surface area contributed by atoms with Gasteiger partial charge in [-0.2, -0.15) is 0 Å². The summed E-state index contributed by atoms with van der Waals surface area (Å²) in [7, 11) is 0. The number of allylic oxidation sites excluding steroid dienone is 2. The first-order chi connectivity index (χ1) is 12.7. The Bertz CT molecular complexity index is 473. The normalized spacial score (nSPS) is 29.3. The fourth-order valence-electron chi connectivity index (χ4n) is 3.90. The van der Waals surface area contributed by atoms with Crippen LogP contribution in [0.15, 0.2) is 24.3 Å². The van der Waals surface area contributed by atoms with Crippen LogP contribution >= 0.6 is 0 Å². The molecule has 0 radical (unpaired) electrons. The molecule has 0 aromatic heterocycles. The van der Waals surface area contributed by atoms with Crippen molar-refractivity contribution in [2.75, 3.05) is 6.61 Å². The van der Waals surface area contributed by atoms with Crippen LogP contribution in [-0.4, -0.2) is 41.3 Å². The lowest BCUT2D eigenvalue weighted by Crippen LogP contribution is -2.28. The summed E-state index contributed by atoms with van der Waals surface area (Å²) in [4.78, 5) is 11.6. The highest BCUT2D eigenvalue weighted by Gasteiger charge is 2.49. The largest absolute Gasteiger partial charge is 0.508 e.